The minimum Gasteiger partial charge on any atom is -0.478 e. The van der Waals surface area contributed by atoms with Gasteiger partial charge in [0.05, 0.1) is 5.56 Å². The van der Waals surface area contributed by atoms with Crippen LogP contribution < -0.4 is 22.1 Å². The maximum absolute atomic E-state index is 13.9. The van der Waals surface area contributed by atoms with E-state index in [2.05, 4.69) is 15.5 Å². The number of hydrogen-bond donors (Lipinski definition) is 4. The number of para-hydroxylation sites is 1. The van der Waals surface area contributed by atoms with Crippen LogP contribution in [0.25, 0.3) is 11.3 Å². The fourth-order valence-electron chi connectivity index (χ4n) is 4.70. The molecule has 2 aliphatic heterocycles. The van der Waals surface area contributed by atoms with E-state index in [1.807, 2.05) is 31.2 Å². The number of rotatable bonds is 8. The van der Waals surface area contributed by atoms with Crippen molar-refractivity contribution in [3.63, 3.8) is 0 Å². The summed E-state index contributed by atoms with van der Waals surface area (Å²) in [4.78, 5) is 2.27. The third-order valence-corrected chi connectivity index (χ3v) is 6.64. The van der Waals surface area contributed by atoms with E-state index in [0.29, 0.717) is 13.1 Å². The number of nitrogens with two attached hydrogens (primary N) is 2. The smallest absolute Gasteiger partial charge is 0.417 e. The van der Waals surface area contributed by atoms with E-state index in [0.717, 1.165) is 54.5 Å². The van der Waals surface area contributed by atoms with Crippen molar-refractivity contribution in [2.75, 3.05) is 38.1 Å². The van der Waals surface area contributed by atoms with Crippen molar-refractivity contribution in [3.05, 3.63) is 88.6 Å². The lowest BCUT2D eigenvalue weighted by Gasteiger charge is -2.26. The molecule has 2 aromatic carbocycles. The first-order chi connectivity index (χ1) is 17.7. The Morgan fingerprint density at radius 2 is 1.76 bits per heavy atom. The van der Waals surface area contributed by atoms with Crippen LogP contribution in [0.2, 0.25) is 0 Å². The van der Waals surface area contributed by atoms with E-state index in [1.165, 1.54) is 24.6 Å². The minimum absolute atomic E-state index is 0.0806. The number of halogens is 3. The standard InChI is InChI=1S/C28H34F3N5O/c1-19-18-34-24-12-6-4-10-21(24)26(19)35-25(32)17-22(20-9-3-5-11-23(20)28(29,30)31)27(33)37-16-15-36-13-7-2-8-14-36/h3-6,9-12,17,34-35H,2,7-8,13-16,18,32-33H2,1H3/b25-17+,27-22-. The number of likely N-dealkylation sites (tertiary alicyclic amines) is 1. The largest absolute Gasteiger partial charge is 0.478 e. The summed E-state index contributed by atoms with van der Waals surface area (Å²) in [5.74, 6) is 0.0514. The molecule has 1 fully saturated rings. The van der Waals surface area contributed by atoms with E-state index in [1.54, 1.807) is 6.07 Å². The van der Waals surface area contributed by atoms with Crippen molar-refractivity contribution in [2.24, 2.45) is 11.5 Å². The maximum Gasteiger partial charge on any atom is 0.417 e. The Morgan fingerprint density at radius 1 is 1.05 bits per heavy atom. The van der Waals surface area contributed by atoms with Gasteiger partial charge in [-0.25, -0.2) is 0 Å². The summed E-state index contributed by atoms with van der Waals surface area (Å²) in [6.07, 6.45) is 0.332. The molecule has 2 aromatic rings. The van der Waals surface area contributed by atoms with E-state index in [4.69, 9.17) is 16.2 Å². The van der Waals surface area contributed by atoms with Gasteiger partial charge in [0.2, 0.25) is 0 Å². The third kappa shape index (κ3) is 6.60. The Morgan fingerprint density at radius 3 is 2.51 bits per heavy atom. The van der Waals surface area contributed by atoms with Crippen LogP contribution in [0.4, 0.5) is 18.9 Å². The lowest BCUT2D eigenvalue weighted by molar-refractivity contribution is -0.137. The van der Waals surface area contributed by atoms with Gasteiger partial charge in [-0.15, -0.1) is 0 Å². The molecule has 6 N–H and O–H groups in total. The highest BCUT2D eigenvalue weighted by molar-refractivity contribution is 5.82. The summed E-state index contributed by atoms with van der Waals surface area (Å²) < 4.78 is 47.5. The molecule has 0 amide bonds. The van der Waals surface area contributed by atoms with Crippen molar-refractivity contribution in [1.29, 1.82) is 0 Å². The fourth-order valence-corrected chi connectivity index (χ4v) is 4.70. The van der Waals surface area contributed by atoms with E-state index < -0.39 is 11.7 Å². The van der Waals surface area contributed by atoms with Gasteiger partial charge in [0.15, 0.2) is 5.88 Å². The Bertz CT molecular complexity index is 1200. The number of hydrogen-bond acceptors (Lipinski definition) is 6. The zero-order chi connectivity index (χ0) is 26.4. The topological polar surface area (TPSA) is 88.6 Å². The highest BCUT2D eigenvalue weighted by Gasteiger charge is 2.34. The number of nitrogens with one attached hydrogen (secondary N) is 2. The summed E-state index contributed by atoms with van der Waals surface area (Å²) in [5.41, 5.74) is 15.5. The number of fused-ring (bicyclic) bond motifs is 1. The number of anilines is 1. The van der Waals surface area contributed by atoms with Gasteiger partial charge in [-0.05, 0) is 62.2 Å². The molecule has 0 bridgehead atoms. The Labute approximate surface area is 215 Å². The van der Waals surface area contributed by atoms with E-state index in [9.17, 15) is 13.2 Å². The van der Waals surface area contributed by atoms with E-state index in [-0.39, 0.29) is 29.4 Å². The maximum atomic E-state index is 13.9. The molecule has 0 spiro atoms. The number of alkyl halides is 3. The van der Waals surface area contributed by atoms with Crippen molar-refractivity contribution < 1.29 is 17.9 Å². The van der Waals surface area contributed by atoms with Crippen LogP contribution in [0, 0.1) is 0 Å². The van der Waals surface area contributed by atoms with Crippen molar-refractivity contribution in [1.82, 2.24) is 10.2 Å². The van der Waals surface area contributed by atoms with Crippen LogP contribution in [-0.2, 0) is 10.9 Å². The molecule has 2 aliphatic rings. The van der Waals surface area contributed by atoms with Crippen molar-refractivity contribution in [2.45, 2.75) is 32.4 Å². The van der Waals surface area contributed by atoms with Crippen molar-refractivity contribution >= 4 is 17.0 Å². The van der Waals surface area contributed by atoms with Gasteiger partial charge >= 0.3 is 6.18 Å². The van der Waals surface area contributed by atoms with Gasteiger partial charge in [0, 0.05) is 35.6 Å². The molecule has 0 saturated carbocycles. The molecule has 0 atom stereocenters. The Hall–Kier alpha value is -3.59. The van der Waals surface area contributed by atoms with Crippen molar-refractivity contribution in [3.8, 4) is 0 Å². The molecule has 1 saturated heterocycles. The zero-order valence-electron chi connectivity index (χ0n) is 21.0. The molecular formula is C28H34F3N5O. The predicted molar refractivity (Wildman–Crippen MR) is 142 cm³/mol. The molecule has 0 unspecified atom stereocenters. The highest BCUT2D eigenvalue weighted by Crippen LogP contribution is 2.36. The van der Waals surface area contributed by atoms with Crippen LogP contribution in [0.1, 0.15) is 42.9 Å². The number of ether oxygens (including phenoxy) is 1. The number of piperidine rings is 1. The second kappa shape index (κ2) is 11.6. The fraction of sp³-hybridized carbons (Fsp3) is 0.357. The third-order valence-electron chi connectivity index (χ3n) is 6.64. The highest BCUT2D eigenvalue weighted by atomic mass is 19.4. The summed E-state index contributed by atoms with van der Waals surface area (Å²) >= 11 is 0. The van der Waals surface area contributed by atoms with Gasteiger partial charge < -0.3 is 26.8 Å². The van der Waals surface area contributed by atoms with Gasteiger partial charge in [0.1, 0.15) is 12.4 Å². The predicted octanol–water partition coefficient (Wildman–Crippen LogP) is 5.08. The van der Waals surface area contributed by atoms with Crippen LogP contribution in [0.5, 0.6) is 0 Å². The van der Waals surface area contributed by atoms with Crippen LogP contribution in [-0.4, -0.2) is 37.7 Å². The monoisotopic (exact) mass is 513 g/mol. The molecule has 9 heteroatoms. The SMILES string of the molecule is CC1=C(N/C(N)=C/C(=C(\N)OCCN2CCCCC2)c2ccccc2C(F)(F)F)c2ccccc2NC1. The summed E-state index contributed by atoms with van der Waals surface area (Å²) in [6.45, 7) is 5.48. The molecule has 0 radical (unpaired) electrons. The molecule has 2 heterocycles. The number of benzene rings is 2. The first kappa shape index (κ1) is 26.5. The molecule has 0 aliphatic carbocycles. The van der Waals surface area contributed by atoms with Crippen LogP contribution in [0.3, 0.4) is 0 Å². The molecule has 37 heavy (non-hydrogen) atoms. The molecule has 198 valence electrons. The summed E-state index contributed by atoms with van der Waals surface area (Å²) in [7, 11) is 0. The number of nitrogens with zero attached hydrogens (tertiary/aromatic N) is 1. The summed E-state index contributed by atoms with van der Waals surface area (Å²) in [5, 5.41) is 6.53. The van der Waals surface area contributed by atoms with Gasteiger partial charge in [0.25, 0.3) is 0 Å². The number of allylic oxidation sites excluding steroid dienone is 2. The Kier molecular flexibility index (Phi) is 8.33. The zero-order valence-corrected chi connectivity index (χ0v) is 21.0. The molecular weight excluding hydrogens is 479 g/mol. The van der Waals surface area contributed by atoms with Gasteiger partial charge in [-0.2, -0.15) is 13.2 Å². The first-order valence-corrected chi connectivity index (χ1v) is 12.5. The quantitative estimate of drug-likeness (QED) is 0.291. The average molecular weight is 514 g/mol. The van der Waals surface area contributed by atoms with Gasteiger partial charge in [-0.3, -0.25) is 4.90 Å². The van der Waals surface area contributed by atoms with Crippen LogP contribution in [0.15, 0.2) is 71.9 Å². The lowest BCUT2D eigenvalue weighted by Crippen LogP contribution is -2.33. The molecule has 0 aromatic heterocycles. The summed E-state index contributed by atoms with van der Waals surface area (Å²) in [6, 6.07) is 13.1. The second-order valence-corrected chi connectivity index (χ2v) is 9.35. The molecule has 6 nitrogen and oxygen atoms in total. The Balaban J connectivity index is 1.65. The van der Waals surface area contributed by atoms with Gasteiger partial charge in [-0.1, -0.05) is 42.8 Å². The second-order valence-electron chi connectivity index (χ2n) is 9.35. The normalized spacial score (nSPS) is 17.6. The first-order valence-electron chi connectivity index (χ1n) is 12.5. The average Bonchev–Trinajstić information content (AvgIpc) is 2.89. The van der Waals surface area contributed by atoms with Crippen LogP contribution >= 0.6 is 0 Å². The molecule has 4 rings (SSSR count). The van der Waals surface area contributed by atoms with E-state index >= 15 is 0 Å². The minimum atomic E-state index is -4.57. The lowest BCUT2D eigenvalue weighted by atomic mass is 9.98.